The van der Waals surface area contributed by atoms with Gasteiger partial charge >= 0.3 is 0 Å². The lowest BCUT2D eigenvalue weighted by Gasteiger charge is -2.16. The van der Waals surface area contributed by atoms with Crippen molar-refractivity contribution in [2.45, 2.75) is 12.8 Å². The first-order valence-electron chi connectivity index (χ1n) is 5.49. The lowest BCUT2D eigenvalue weighted by Crippen LogP contribution is -2.24. The van der Waals surface area contributed by atoms with E-state index in [4.69, 9.17) is 0 Å². The lowest BCUT2D eigenvalue weighted by atomic mass is 10.1. The molecule has 0 radical (unpaired) electrons. The predicted octanol–water partition coefficient (Wildman–Crippen LogP) is 0.585. The van der Waals surface area contributed by atoms with E-state index in [-0.39, 0.29) is 5.56 Å². The van der Waals surface area contributed by atoms with Gasteiger partial charge in [0.1, 0.15) is 5.82 Å². The maximum atomic E-state index is 11.9. The van der Waals surface area contributed by atoms with Crippen LogP contribution in [-0.4, -0.2) is 26.5 Å². The van der Waals surface area contributed by atoms with Gasteiger partial charge < -0.3 is 10.3 Å². The van der Waals surface area contributed by atoms with Crippen molar-refractivity contribution in [1.82, 2.24) is 19.9 Å². The number of aromatic amines is 1. The minimum Gasteiger partial charge on any atom is -0.370 e. The molecule has 0 spiro atoms. The molecule has 6 heteroatoms. The Morgan fingerprint density at radius 1 is 1.24 bits per heavy atom. The zero-order valence-electron chi connectivity index (χ0n) is 9.10. The molecule has 0 amide bonds. The molecule has 6 nitrogen and oxygen atoms in total. The van der Waals surface area contributed by atoms with E-state index in [1.165, 1.54) is 0 Å². The van der Waals surface area contributed by atoms with E-state index in [9.17, 15) is 4.79 Å². The zero-order valence-corrected chi connectivity index (χ0v) is 9.10. The number of aromatic nitrogens is 4. The fraction of sp³-hybridized carbons (Fsp3) is 0.273. The third-order valence-corrected chi connectivity index (χ3v) is 2.69. The number of hydrogen-bond donors (Lipinski definition) is 2. The normalized spacial score (nSPS) is 13.9. The standard InChI is InChI=1S/C11H11N5O/c17-11-7-3-1-4-12-8(7)15-10(16-11)9-13-5-2-6-14-9/h2,5-6H,1,3-4H2,(H2,12,15,16,17). The second-order valence-corrected chi connectivity index (χ2v) is 3.84. The number of fused-ring (bicyclic) bond motifs is 1. The van der Waals surface area contributed by atoms with Crippen LogP contribution in [0.15, 0.2) is 23.3 Å². The Morgan fingerprint density at radius 2 is 2.06 bits per heavy atom. The summed E-state index contributed by atoms with van der Waals surface area (Å²) in [6.07, 6.45) is 4.96. The summed E-state index contributed by atoms with van der Waals surface area (Å²) in [5.41, 5.74) is 0.612. The average Bonchev–Trinajstić information content (AvgIpc) is 2.40. The van der Waals surface area contributed by atoms with Gasteiger partial charge in [-0.05, 0) is 18.9 Å². The Labute approximate surface area is 97.2 Å². The van der Waals surface area contributed by atoms with Gasteiger partial charge in [-0.15, -0.1) is 0 Å². The molecule has 0 bridgehead atoms. The molecule has 2 aromatic rings. The summed E-state index contributed by atoms with van der Waals surface area (Å²) >= 11 is 0. The quantitative estimate of drug-likeness (QED) is 0.747. The van der Waals surface area contributed by atoms with Crippen molar-refractivity contribution >= 4 is 5.82 Å². The molecular weight excluding hydrogens is 218 g/mol. The van der Waals surface area contributed by atoms with E-state index in [0.717, 1.165) is 24.9 Å². The number of rotatable bonds is 1. The number of H-pyrrole nitrogens is 1. The fourth-order valence-corrected chi connectivity index (χ4v) is 1.88. The summed E-state index contributed by atoms with van der Waals surface area (Å²) in [4.78, 5) is 27.1. The van der Waals surface area contributed by atoms with Crippen LogP contribution in [0.2, 0.25) is 0 Å². The van der Waals surface area contributed by atoms with Gasteiger partial charge in [-0.25, -0.2) is 15.0 Å². The number of nitrogens with one attached hydrogen (secondary N) is 2. The molecule has 3 heterocycles. The van der Waals surface area contributed by atoms with Gasteiger partial charge in [0.15, 0.2) is 11.6 Å². The van der Waals surface area contributed by atoms with E-state index in [1.54, 1.807) is 18.5 Å². The topological polar surface area (TPSA) is 83.6 Å². The van der Waals surface area contributed by atoms with Gasteiger partial charge in [0, 0.05) is 18.9 Å². The minimum atomic E-state index is -0.107. The van der Waals surface area contributed by atoms with Crippen LogP contribution in [0.1, 0.15) is 12.0 Å². The fourth-order valence-electron chi connectivity index (χ4n) is 1.88. The summed E-state index contributed by atoms with van der Waals surface area (Å²) in [5, 5.41) is 3.13. The highest BCUT2D eigenvalue weighted by Gasteiger charge is 2.16. The smallest absolute Gasteiger partial charge is 0.256 e. The third kappa shape index (κ3) is 1.77. The predicted molar refractivity (Wildman–Crippen MR) is 62.7 cm³/mol. The molecule has 0 atom stereocenters. The molecular formula is C11H11N5O. The summed E-state index contributed by atoms with van der Waals surface area (Å²) in [7, 11) is 0. The third-order valence-electron chi connectivity index (χ3n) is 2.69. The van der Waals surface area contributed by atoms with Crippen molar-refractivity contribution in [3.8, 4) is 11.6 Å². The summed E-state index contributed by atoms with van der Waals surface area (Å²) in [5.74, 6) is 1.49. The van der Waals surface area contributed by atoms with Gasteiger partial charge in [0.05, 0.1) is 5.56 Å². The Bertz CT molecular complexity index is 593. The Balaban J connectivity index is 2.14. The molecule has 0 unspecified atom stereocenters. The highest BCUT2D eigenvalue weighted by Crippen LogP contribution is 2.17. The largest absolute Gasteiger partial charge is 0.370 e. The highest BCUT2D eigenvalue weighted by molar-refractivity contribution is 5.52. The van der Waals surface area contributed by atoms with Crippen LogP contribution < -0.4 is 10.9 Å². The second kappa shape index (κ2) is 3.97. The van der Waals surface area contributed by atoms with Crippen LogP contribution in [0.5, 0.6) is 0 Å². The Kier molecular flexibility index (Phi) is 2.32. The summed E-state index contributed by atoms with van der Waals surface area (Å²) in [6, 6.07) is 1.72. The van der Waals surface area contributed by atoms with Gasteiger partial charge in [-0.1, -0.05) is 0 Å². The van der Waals surface area contributed by atoms with Crippen molar-refractivity contribution in [2.75, 3.05) is 11.9 Å². The number of anilines is 1. The van der Waals surface area contributed by atoms with E-state index < -0.39 is 0 Å². The zero-order chi connectivity index (χ0) is 11.7. The monoisotopic (exact) mass is 229 g/mol. The average molecular weight is 229 g/mol. The molecule has 0 saturated carbocycles. The van der Waals surface area contributed by atoms with Gasteiger partial charge in [0.25, 0.3) is 5.56 Å². The SMILES string of the molecule is O=c1[nH]c(-c2ncccn2)nc2c1CCCN2. The highest BCUT2D eigenvalue weighted by atomic mass is 16.1. The first kappa shape index (κ1) is 9.95. The van der Waals surface area contributed by atoms with Crippen LogP contribution in [0.25, 0.3) is 11.6 Å². The second-order valence-electron chi connectivity index (χ2n) is 3.84. The molecule has 17 heavy (non-hydrogen) atoms. The maximum absolute atomic E-state index is 11.9. The van der Waals surface area contributed by atoms with Gasteiger partial charge in [-0.3, -0.25) is 4.79 Å². The summed E-state index contributed by atoms with van der Waals surface area (Å²) in [6.45, 7) is 0.846. The molecule has 0 fully saturated rings. The molecule has 0 aromatic carbocycles. The van der Waals surface area contributed by atoms with Crippen LogP contribution in [0, 0.1) is 0 Å². The maximum Gasteiger partial charge on any atom is 0.256 e. The Hall–Kier alpha value is -2.24. The van der Waals surface area contributed by atoms with E-state index >= 15 is 0 Å². The van der Waals surface area contributed by atoms with Crippen LogP contribution in [0.3, 0.4) is 0 Å². The molecule has 0 saturated heterocycles. The molecule has 0 aliphatic carbocycles. The summed E-state index contributed by atoms with van der Waals surface area (Å²) < 4.78 is 0. The van der Waals surface area contributed by atoms with Crippen molar-refractivity contribution in [2.24, 2.45) is 0 Å². The molecule has 3 rings (SSSR count). The lowest BCUT2D eigenvalue weighted by molar-refractivity contribution is 0.798. The number of nitrogens with zero attached hydrogens (tertiary/aromatic N) is 3. The number of hydrogen-bond acceptors (Lipinski definition) is 5. The van der Waals surface area contributed by atoms with E-state index in [0.29, 0.717) is 17.5 Å². The first-order chi connectivity index (χ1) is 8.34. The molecule has 2 N–H and O–H groups in total. The van der Waals surface area contributed by atoms with Crippen LogP contribution in [-0.2, 0) is 6.42 Å². The molecule has 1 aliphatic rings. The minimum absolute atomic E-state index is 0.107. The van der Waals surface area contributed by atoms with Crippen molar-refractivity contribution < 1.29 is 0 Å². The van der Waals surface area contributed by atoms with E-state index in [2.05, 4.69) is 25.3 Å². The Morgan fingerprint density at radius 3 is 2.88 bits per heavy atom. The molecule has 2 aromatic heterocycles. The van der Waals surface area contributed by atoms with Crippen molar-refractivity contribution in [3.05, 3.63) is 34.4 Å². The van der Waals surface area contributed by atoms with Gasteiger partial charge in [0.2, 0.25) is 0 Å². The van der Waals surface area contributed by atoms with Crippen LogP contribution in [0.4, 0.5) is 5.82 Å². The van der Waals surface area contributed by atoms with Gasteiger partial charge in [-0.2, -0.15) is 0 Å². The molecule has 1 aliphatic heterocycles. The van der Waals surface area contributed by atoms with Crippen LogP contribution >= 0.6 is 0 Å². The van der Waals surface area contributed by atoms with Crippen molar-refractivity contribution in [1.29, 1.82) is 0 Å². The molecule has 86 valence electrons. The first-order valence-corrected chi connectivity index (χ1v) is 5.49. The van der Waals surface area contributed by atoms with Crippen molar-refractivity contribution in [3.63, 3.8) is 0 Å². The van der Waals surface area contributed by atoms with E-state index in [1.807, 2.05) is 0 Å².